The Morgan fingerprint density at radius 2 is 1.70 bits per heavy atom. The molecule has 0 saturated carbocycles. The van der Waals surface area contributed by atoms with Crippen LogP contribution in [0.3, 0.4) is 0 Å². The van der Waals surface area contributed by atoms with Gasteiger partial charge in [0.25, 0.3) is 21.6 Å². The summed E-state index contributed by atoms with van der Waals surface area (Å²) in [4.78, 5) is 23.3. The van der Waals surface area contributed by atoms with Crippen LogP contribution in [0, 0.1) is 17.0 Å². The van der Waals surface area contributed by atoms with Crippen molar-refractivity contribution in [3.63, 3.8) is 0 Å². The number of sulfonamides is 1. The number of aryl methyl sites for hydroxylation is 1. The molecule has 0 radical (unpaired) electrons. The zero-order valence-electron chi connectivity index (χ0n) is 16.3. The molecule has 154 valence electrons. The number of carbonyl (C=O) groups excluding carboxylic acids is 1. The normalized spacial score (nSPS) is 11.0. The molecule has 3 aromatic rings. The fourth-order valence-corrected chi connectivity index (χ4v) is 3.99. The predicted molar refractivity (Wildman–Crippen MR) is 114 cm³/mol. The molecular weight excluding hydrogens is 406 g/mol. The molecule has 0 aromatic heterocycles. The molecule has 1 amide bonds. The number of carbonyl (C=O) groups is 1. The Hall–Kier alpha value is -3.72. The molecule has 8 nitrogen and oxygen atoms in total. The lowest BCUT2D eigenvalue weighted by atomic mass is 10.1. The smallest absolute Gasteiger partial charge is 0.271 e. The summed E-state index contributed by atoms with van der Waals surface area (Å²) >= 11 is 0. The van der Waals surface area contributed by atoms with Gasteiger partial charge in [-0.1, -0.05) is 30.3 Å². The fraction of sp³-hybridized carbons (Fsp3) is 0.0952. The number of amides is 1. The first-order valence-corrected chi connectivity index (χ1v) is 10.3. The average molecular weight is 425 g/mol. The molecule has 3 aromatic carbocycles. The van der Waals surface area contributed by atoms with Crippen LogP contribution < -0.4 is 9.62 Å². The Bertz CT molecular complexity index is 1210. The summed E-state index contributed by atoms with van der Waals surface area (Å²) in [5, 5.41) is 13.6. The minimum atomic E-state index is -3.79. The lowest BCUT2D eigenvalue weighted by Crippen LogP contribution is -2.26. The van der Waals surface area contributed by atoms with Crippen molar-refractivity contribution in [3.8, 4) is 0 Å². The molecule has 0 saturated heterocycles. The summed E-state index contributed by atoms with van der Waals surface area (Å²) in [6, 6.07) is 18.3. The van der Waals surface area contributed by atoms with E-state index in [4.69, 9.17) is 0 Å². The van der Waals surface area contributed by atoms with Crippen LogP contribution in [0.2, 0.25) is 0 Å². The third kappa shape index (κ3) is 4.31. The number of nitro groups is 1. The van der Waals surface area contributed by atoms with Crippen molar-refractivity contribution in [2.45, 2.75) is 11.8 Å². The molecular formula is C21H19N3O5S. The molecule has 0 spiro atoms. The molecule has 30 heavy (non-hydrogen) atoms. The van der Waals surface area contributed by atoms with Crippen molar-refractivity contribution in [2.24, 2.45) is 0 Å². The number of hydrogen-bond acceptors (Lipinski definition) is 5. The van der Waals surface area contributed by atoms with Crippen LogP contribution in [0.15, 0.2) is 77.7 Å². The average Bonchev–Trinajstić information content (AvgIpc) is 2.75. The van der Waals surface area contributed by atoms with Gasteiger partial charge in [0.1, 0.15) is 0 Å². The number of benzene rings is 3. The van der Waals surface area contributed by atoms with Crippen molar-refractivity contribution >= 4 is 33.0 Å². The van der Waals surface area contributed by atoms with E-state index < -0.39 is 20.9 Å². The predicted octanol–water partition coefficient (Wildman–Crippen LogP) is 3.98. The molecule has 0 unspecified atom stereocenters. The van der Waals surface area contributed by atoms with Gasteiger partial charge < -0.3 is 5.32 Å². The van der Waals surface area contributed by atoms with Crippen molar-refractivity contribution in [2.75, 3.05) is 16.7 Å². The van der Waals surface area contributed by atoms with Crippen LogP contribution in [-0.2, 0) is 10.0 Å². The number of nitro benzene ring substituents is 1. The van der Waals surface area contributed by atoms with Crippen LogP contribution in [-0.4, -0.2) is 26.3 Å². The number of hydrogen-bond donors (Lipinski definition) is 1. The number of anilines is 2. The van der Waals surface area contributed by atoms with Gasteiger partial charge in [-0.15, -0.1) is 0 Å². The van der Waals surface area contributed by atoms with Crippen LogP contribution >= 0.6 is 0 Å². The quantitative estimate of drug-likeness (QED) is 0.474. The highest BCUT2D eigenvalue weighted by Crippen LogP contribution is 2.25. The van der Waals surface area contributed by atoms with Gasteiger partial charge in [0.2, 0.25) is 0 Å². The summed E-state index contributed by atoms with van der Waals surface area (Å²) in [6.45, 7) is 1.72. The van der Waals surface area contributed by atoms with Crippen LogP contribution in [0.4, 0.5) is 17.1 Å². The van der Waals surface area contributed by atoms with E-state index in [9.17, 15) is 23.3 Å². The van der Waals surface area contributed by atoms with Crippen molar-refractivity contribution in [1.82, 2.24) is 0 Å². The van der Waals surface area contributed by atoms with E-state index in [1.54, 1.807) is 43.3 Å². The molecule has 0 aliphatic carbocycles. The van der Waals surface area contributed by atoms with Crippen molar-refractivity contribution < 1.29 is 18.1 Å². The van der Waals surface area contributed by atoms with E-state index in [1.807, 2.05) is 0 Å². The maximum Gasteiger partial charge on any atom is 0.271 e. The number of nitrogens with one attached hydrogen (secondary N) is 1. The molecule has 0 bridgehead atoms. The highest BCUT2D eigenvalue weighted by atomic mass is 32.2. The second-order valence-electron chi connectivity index (χ2n) is 6.55. The molecule has 0 aliphatic heterocycles. The molecule has 0 heterocycles. The van der Waals surface area contributed by atoms with Gasteiger partial charge in [0.05, 0.1) is 21.2 Å². The lowest BCUT2D eigenvalue weighted by Gasteiger charge is -2.20. The standard InChI is InChI=1S/C21H19N3O5S/c1-15-11-12-18(24(26)27)14-20(15)22-21(25)16-7-6-8-17(13-16)23(2)30(28,29)19-9-4-3-5-10-19/h3-14H,1-2H3,(H,22,25). The first-order chi connectivity index (χ1) is 14.2. The van der Waals surface area contributed by atoms with Gasteiger partial charge >= 0.3 is 0 Å². The maximum atomic E-state index is 12.8. The zero-order valence-corrected chi connectivity index (χ0v) is 17.1. The third-order valence-corrected chi connectivity index (χ3v) is 6.35. The Kier molecular flexibility index (Phi) is 5.84. The largest absolute Gasteiger partial charge is 0.321 e. The molecule has 0 atom stereocenters. The molecule has 1 N–H and O–H groups in total. The van der Waals surface area contributed by atoms with Gasteiger partial charge in [0, 0.05) is 24.7 Å². The van der Waals surface area contributed by atoms with E-state index in [-0.39, 0.29) is 16.1 Å². The second kappa shape index (κ2) is 8.34. The first-order valence-electron chi connectivity index (χ1n) is 8.90. The summed E-state index contributed by atoms with van der Waals surface area (Å²) in [6.07, 6.45) is 0. The summed E-state index contributed by atoms with van der Waals surface area (Å²) in [7, 11) is -2.38. The van der Waals surface area contributed by atoms with Crippen LogP contribution in [0.5, 0.6) is 0 Å². The molecule has 3 rings (SSSR count). The highest BCUT2D eigenvalue weighted by Gasteiger charge is 2.22. The summed E-state index contributed by atoms with van der Waals surface area (Å²) in [5.41, 5.74) is 1.35. The number of nitrogens with zero attached hydrogens (tertiary/aromatic N) is 2. The Balaban J connectivity index is 1.88. The summed E-state index contributed by atoms with van der Waals surface area (Å²) in [5.74, 6) is -0.508. The van der Waals surface area contributed by atoms with Crippen LogP contribution in [0.25, 0.3) is 0 Å². The minimum Gasteiger partial charge on any atom is -0.321 e. The Morgan fingerprint density at radius 1 is 1.00 bits per heavy atom. The van der Waals surface area contributed by atoms with Gasteiger partial charge in [-0.05, 0) is 42.8 Å². The van der Waals surface area contributed by atoms with Gasteiger partial charge in [-0.25, -0.2) is 8.42 Å². The molecule has 0 fully saturated rings. The SMILES string of the molecule is Cc1ccc([N+](=O)[O-])cc1NC(=O)c1cccc(N(C)S(=O)(=O)c2ccccc2)c1. The van der Waals surface area contributed by atoms with E-state index in [0.29, 0.717) is 16.9 Å². The maximum absolute atomic E-state index is 12.8. The first kappa shape index (κ1) is 21.0. The molecule has 0 aliphatic rings. The Morgan fingerprint density at radius 3 is 2.37 bits per heavy atom. The third-order valence-electron chi connectivity index (χ3n) is 4.55. The monoisotopic (exact) mass is 425 g/mol. The van der Waals surface area contributed by atoms with E-state index in [1.165, 1.54) is 43.4 Å². The van der Waals surface area contributed by atoms with E-state index in [0.717, 1.165) is 4.31 Å². The fourth-order valence-electron chi connectivity index (χ4n) is 2.79. The zero-order chi connectivity index (χ0) is 21.9. The highest BCUT2D eigenvalue weighted by molar-refractivity contribution is 7.92. The van der Waals surface area contributed by atoms with Gasteiger partial charge in [0.15, 0.2) is 0 Å². The van der Waals surface area contributed by atoms with Crippen molar-refractivity contribution in [1.29, 1.82) is 0 Å². The van der Waals surface area contributed by atoms with Crippen molar-refractivity contribution in [3.05, 3.63) is 94.0 Å². The van der Waals surface area contributed by atoms with E-state index >= 15 is 0 Å². The minimum absolute atomic E-state index is 0.134. The van der Waals surface area contributed by atoms with Gasteiger partial charge in [-0.2, -0.15) is 0 Å². The van der Waals surface area contributed by atoms with E-state index in [2.05, 4.69) is 5.32 Å². The number of non-ortho nitro benzene ring substituents is 1. The number of rotatable bonds is 6. The van der Waals surface area contributed by atoms with Gasteiger partial charge in [-0.3, -0.25) is 19.2 Å². The molecule has 9 heteroatoms. The topological polar surface area (TPSA) is 110 Å². The second-order valence-corrected chi connectivity index (χ2v) is 8.52. The Labute approximate surface area is 174 Å². The lowest BCUT2D eigenvalue weighted by molar-refractivity contribution is -0.384. The summed E-state index contributed by atoms with van der Waals surface area (Å²) < 4.78 is 26.7. The van der Waals surface area contributed by atoms with Crippen LogP contribution in [0.1, 0.15) is 15.9 Å².